The van der Waals surface area contributed by atoms with Crippen LogP contribution in [0.3, 0.4) is 0 Å². The van der Waals surface area contributed by atoms with E-state index in [0.29, 0.717) is 29.5 Å². The summed E-state index contributed by atoms with van der Waals surface area (Å²) in [5.41, 5.74) is 2.11. The van der Waals surface area contributed by atoms with Crippen LogP contribution < -0.4 is 5.32 Å². The van der Waals surface area contributed by atoms with E-state index in [2.05, 4.69) is 5.32 Å². The summed E-state index contributed by atoms with van der Waals surface area (Å²) in [6.45, 7) is 0.827. The second-order valence-electron chi connectivity index (χ2n) is 5.57. The number of benzene rings is 2. The number of anilines is 1. The molecule has 2 aromatic carbocycles. The van der Waals surface area contributed by atoms with Crippen molar-refractivity contribution in [1.29, 1.82) is 0 Å². The summed E-state index contributed by atoms with van der Waals surface area (Å²) >= 11 is 7.73. The number of hydrogen-bond donors (Lipinski definition) is 1. The van der Waals surface area contributed by atoms with E-state index >= 15 is 0 Å². The minimum absolute atomic E-state index is 0.237. The smallest absolute Gasteiger partial charge is 0.257 e. The molecule has 0 saturated heterocycles. The predicted octanol–water partition coefficient (Wildman–Crippen LogP) is 5.62. The molecule has 26 heavy (non-hydrogen) atoms. The Hall–Kier alpha value is -2.21. The molecule has 3 rings (SSSR count). The number of amides is 1. The van der Waals surface area contributed by atoms with Crippen molar-refractivity contribution < 1.29 is 13.9 Å². The number of carbonyl (C=O) groups is 1. The van der Waals surface area contributed by atoms with E-state index in [1.54, 1.807) is 30.2 Å². The molecule has 0 saturated carbocycles. The standard InChI is InChI=1S/C20H18ClNO3S/c1-26-17-7-8-19(21)18(11-17)20(23)22-15-5-2-4-14(10-15)12-24-13-16-6-3-9-25-16/h2-11H,12-13H2,1H3,(H,22,23). The van der Waals surface area contributed by atoms with E-state index in [1.165, 1.54) is 0 Å². The number of halogens is 1. The van der Waals surface area contributed by atoms with Gasteiger partial charge in [-0.1, -0.05) is 23.7 Å². The maximum Gasteiger partial charge on any atom is 0.257 e. The number of hydrogen-bond acceptors (Lipinski definition) is 4. The Morgan fingerprint density at radius 1 is 1.15 bits per heavy atom. The van der Waals surface area contributed by atoms with E-state index in [4.69, 9.17) is 20.8 Å². The van der Waals surface area contributed by atoms with Gasteiger partial charge >= 0.3 is 0 Å². The molecule has 1 heterocycles. The number of nitrogens with one attached hydrogen (secondary N) is 1. The van der Waals surface area contributed by atoms with Crippen LogP contribution in [0.5, 0.6) is 0 Å². The van der Waals surface area contributed by atoms with Crippen molar-refractivity contribution in [1.82, 2.24) is 0 Å². The molecule has 1 amide bonds. The average molecular weight is 388 g/mol. The lowest BCUT2D eigenvalue weighted by Crippen LogP contribution is -2.12. The fourth-order valence-corrected chi connectivity index (χ4v) is 3.05. The molecular formula is C20H18ClNO3S. The Kier molecular flexibility index (Phi) is 6.39. The van der Waals surface area contributed by atoms with Crippen LogP contribution in [-0.2, 0) is 18.0 Å². The predicted molar refractivity (Wildman–Crippen MR) is 105 cm³/mol. The second-order valence-corrected chi connectivity index (χ2v) is 6.86. The van der Waals surface area contributed by atoms with Crippen molar-refractivity contribution in [2.75, 3.05) is 11.6 Å². The maximum absolute atomic E-state index is 12.5. The average Bonchev–Trinajstić information content (AvgIpc) is 3.16. The van der Waals surface area contributed by atoms with E-state index in [0.717, 1.165) is 16.2 Å². The van der Waals surface area contributed by atoms with Crippen LogP contribution in [0.15, 0.2) is 70.2 Å². The summed E-state index contributed by atoms with van der Waals surface area (Å²) in [7, 11) is 0. The third-order valence-electron chi connectivity index (χ3n) is 3.70. The van der Waals surface area contributed by atoms with Crippen LogP contribution >= 0.6 is 23.4 Å². The molecule has 0 unspecified atom stereocenters. The molecule has 4 nitrogen and oxygen atoms in total. The third kappa shape index (κ3) is 4.91. The molecule has 0 spiro atoms. The summed E-state index contributed by atoms with van der Waals surface area (Å²) in [5.74, 6) is 0.539. The number of thioether (sulfide) groups is 1. The quantitative estimate of drug-likeness (QED) is 0.534. The highest BCUT2D eigenvalue weighted by Crippen LogP contribution is 2.24. The van der Waals surface area contributed by atoms with Gasteiger partial charge < -0.3 is 14.5 Å². The molecule has 0 bridgehead atoms. The number of carbonyl (C=O) groups excluding carboxylic acids is 1. The minimum atomic E-state index is -0.237. The molecule has 0 fully saturated rings. The first kappa shape index (κ1) is 18.6. The normalized spacial score (nSPS) is 10.7. The summed E-state index contributed by atoms with van der Waals surface area (Å²) in [6, 6.07) is 16.6. The van der Waals surface area contributed by atoms with Crippen LogP contribution in [0.25, 0.3) is 0 Å². The van der Waals surface area contributed by atoms with Gasteiger partial charge in [-0.15, -0.1) is 11.8 Å². The van der Waals surface area contributed by atoms with Crippen molar-refractivity contribution >= 4 is 35.0 Å². The molecule has 0 atom stereocenters. The van der Waals surface area contributed by atoms with Crippen LogP contribution in [0.2, 0.25) is 5.02 Å². The third-order valence-corrected chi connectivity index (χ3v) is 4.75. The van der Waals surface area contributed by atoms with Crippen molar-refractivity contribution in [3.8, 4) is 0 Å². The minimum Gasteiger partial charge on any atom is -0.467 e. The highest BCUT2D eigenvalue weighted by molar-refractivity contribution is 7.98. The van der Waals surface area contributed by atoms with Gasteiger partial charge in [-0.3, -0.25) is 4.79 Å². The Morgan fingerprint density at radius 2 is 2.04 bits per heavy atom. The maximum atomic E-state index is 12.5. The van der Waals surface area contributed by atoms with Crippen molar-refractivity contribution in [3.05, 3.63) is 82.8 Å². The first-order valence-electron chi connectivity index (χ1n) is 7.99. The van der Waals surface area contributed by atoms with E-state index in [-0.39, 0.29) is 5.91 Å². The van der Waals surface area contributed by atoms with Gasteiger partial charge in [0.05, 0.1) is 23.5 Å². The van der Waals surface area contributed by atoms with Crippen LogP contribution in [0, 0.1) is 0 Å². The molecule has 0 aliphatic carbocycles. The molecule has 3 aromatic rings. The van der Waals surface area contributed by atoms with Crippen molar-refractivity contribution in [3.63, 3.8) is 0 Å². The van der Waals surface area contributed by atoms with Gasteiger partial charge in [-0.25, -0.2) is 0 Å². The molecular weight excluding hydrogens is 370 g/mol. The topological polar surface area (TPSA) is 51.5 Å². The largest absolute Gasteiger partial charge is 0.467 e. The highest BCUT2D eigenvalue weighted by atomic mass is 35.5. The number of ether oxygens (including phenoxy) is 1. The molecule has 1 N–H and O–H groups in total. The zero-order chi connectivity index (χ0) is 18.4. The zero-order valence-corrected chi connectivity index (χ0v) is 15.8. The van der Waals surface area contributed by atoms with Crippen LogP contribution in [0.4, 0.5) is 5.69 Å². The lowest BCUT2D eigenvalue weighted by molar-refractivity contribution is 0.0929. The van der Waals surface area contributed by atoms with E-state index in [1.807, 2.05) is 48.7 Å². The Bertz CT molecular complexity index is 881. The lowest BCUT2D eigenvalue weighted by Gasteiger charge is -2.10. The van der Waals surface area contributed by atoms with Crippen molar-refractivity contribution in [2.45, 2.75) is 18.1 Å². The van der Waals surface area contributed by atoms with Gasteiger partial charge in [-0.2, -0.15) is 0 Å². The van der Waals surface area contributed by atoms with Gasteiger partial charge in [-0.05, 0) is 54.3 Å². The molecule has 134 valence electrons. The van der Waals surface area contributed by atoms with Gasteiger partial charge in [0.25, 0.3) is 5.91 Å². The molecule has 0 aliphatic rings. The Labute approximate surface area is 161 Å². The molecule has 0 radical (unpaired) electrons. The van der Waals surface area contributed by atoms with Crippen molar-refractivity contribution in [2.24, 2.45) is 0 Å². The monoisotopic (exact) mass is 387 g/mol. The fourth-order valence-electron chi connectivity index (χ4n) is 2.41. The molecule has 0 aliphatic heterocycles. The summed E-state index contributed by atoms with van der Waals surface area (Å²) in [6.07, 6.45) is 3.57. The Balaban J connectivity index is 1.63. The Morgan fingerprint density at radius 3 is 2.81 bits per heavy atom. The number of rotatable bonds is 7. The second kappa shape index (κ2) is 8.94. The van der Waals surface area contributed by atoms with Crippen LogP contribution in [-0.4, -0.2) is 12.2 Å². The van der Waals surface area contributed by atoms with E-state index < -0.39 is 0 Å². The lowest BCUT2D eigenvalue weighted by atomic mass is 10.2. The van der Waals surface area contributed by atoms with E-state index in [9.17, 15) is 4.79 Å². The van der Waals surface area contributed by atoms with Crippen LogP contribution in [0.1, 0.15) is 21.7 Å². The first-order chi connectivity index (χ1) is 12.7. The van der Waals surface area contributed by atoms with Gasteiger partial charge in [0, 0.05) is 10.6 Å². The summed E-state index contributed by atoms with van der Waals surface area (Å²) in [5, 5.41) is 3.32. The summed E-state index contributed by atoms with van der Waals surface area (Å²) in [4.78, 5) is 13.5. The number of furan rings is 1. The highest BCUT2D eigenvalue weighted by Gasteiger charge is 2.12. The van der Waals surface area contributed by atoms with Gasteiger partial charge in [0.2, 0.25) is 0 Å². The molecule has 6 heteroatoms. The zero-order valence-electron chi connectivity index (χ0n) is 14.2. The summed E-state index contributed by atoms with van der Waals surface area (Å²) < 4.78 is 10.9. The SMILES string of the molecule is CSc1ccc(Cl)c(C(=O)Nc2cccc(COCc3ccco3)c2)c1. The first-order valence-corrected chi connectivity index (χ1v) is 9.60. The molecule has 1 aromatic heterocycles. The van der Waals surface area contributed by atoms with Gasteiger partial charge in [0.15, 0.2) is 0 Å². The van der Waals surface area contributed by atoms with Gasteiger partial charge in [0.1, 0.15) is 12.4 Å². The fraction of sp³-hybridized carbons (Fsp3) is 0.150.